The standard InChI is InChI=1S/C34H36O10/c1-18-12-14-33-26-20-10-11-22(39-4)28(26)42-29(33)23(13-15-34(33,38)21(18)16-20)40-31(37)27(19-8-6-5-7-9-19)41-25(35)17-24-30(36)44-32(2,3)43-24/h5-11,13,18,21,24,27,29,38H,12,14-17H2,1-4H3/t18?,21-,24-,27-,29-,33-,34+/m0/s1. The highest BCUT2D eigenvalue weighted by Gasteiger charge is 2.72. The highest BCUT2D eigenvalue weighted by molar-refractivity contribution is 5.85. The molecular weight excluding hydrogens is 568 g/mol. The first-order valence-corrected chi connectivity index (χ1v) is 15.1. The first kappa shape index (κ1) is 28.9. The summed E-state index contributed by atoms with van der Waals surface area (Å²) in [4.78, 5) is 39.1. The maximum absolute atomic E-state index is 13.9. The Labute approximate surface area is 255 Å². The second-order valence-corrected chi connectivity index (χ2v) is 13.0. The molecule has 2 heterocycles. The van der Waals surface area contributed by atoms with E-state index >= 15 is 0 Å². The Bertz CT molecular complexity index is 1560. The van der Waals surface area contributed by atoms with E-state index in [0.29, 0.717) is 29.4 Å². The number of esters is 3. The van der Waals surface area contributed by atoms with Crippen molar-refractivity contribution in [2.75, 3.05) is 7.11 Å². The van der Waals surface area contributed by atoms with Crippen LogP contribution in [-0.2, 0) is 45.2 Å². The van der Waals surface area contributed by atoms with Gasteiger partial charge in [0.25, 0.3) is 0 Å². The molecule has 7 atom stereocenters. The van der Waals surface area contributed by atoms with Crippen LogP contribution in [0.25, 0.3) is 0 Å². The molecule has 10 heteroatoms. The van der Waals surface area contributed by atoms with E-state index in [1.807, 2.05) is 6.07 Å². The van der Waals surface area contributed by atoms with Crippen LogP contribution in [-0.4, -0.2) is 53.7 Å². The summed E-state index contributed by atoms with van der Waals surface area (Å²) in [6.07, 6.45) is 0.513. The Kier molecular flexibility index (Phi) is 6.60. The fourth-order valence-electron chi connectivity index (χ4n) is 8.19. The fraction of sp³-hybridized carbons (Fsp3) is 0.500. The van der Waals surface area contributed by atoms with Crippen LogP contribution in [0.2, 0.25) is 0 Å². The zero-order chi connectivity index (χ0) is 31.0. The molecule has 232 valence electrons. The van der Waals surface area contributed by atoms with Gasteiger partial charge in [-0.05, 0) is 55.2 Å². The third-order valence-corrected chi connectivity index (χ3v) is 10.1. The number of methoxy groups -OCH3 is 1. The van der Waals surface area contributed by atoms with Crippen LogP contribution in [0, 0.1) is 11.8 Å². The van der Waals surface area contributed by atoms with Gasteiger partial charge >= 0.3 is 17.9 Å². The van der Waals surface area contributed by atoms with Crippen LogP contribution in [0.4, 0.5) is 0 Å². The first-order chi connectivity index (χ1) is 21.0. The molecule has 2 fully saturated rings. The molecule has 10 nitrogen and oxygen atoms in total. The van der Waals surface area contributed by atoms with Gasteiger partial charge in [0.2, 0.25) is 11.9 Å². The van der Waals surface area contributed by atoms with Crippen LogP contribution in [0.1, 0.15) is 69.2 Å². The van der Waals surface area contributed by atoms with Gasteiger partial charge in [-0.15, -0.1) is 0 Å². The van der Waals surface area contributed by atoms with Gasteiger partial charge in [0, 0.05) is 25.0 Å². The summed E-state index contributed by atoms with van der Waals surface area (Å²) in [5.41, 5.74) is 0.537. The van der Waals surface area contributed by atoms with Crippen LogP contribution >= 0.6 is 0 Å². The van der Waals surface area contributed by atoms with Crippen LogP contribution in [0.15, 0.2) is 54.3 Å². The van der Waals surface area contributed by atoms with Crippen LogP contribution < -0.4 is 9.47 Å². The van der Waals surface area contributed by atoms with Gasteiger partial charge in [0.05, 0.1) is 24.5 Å². The Hall–Kier alpha value is -3.89. The molecule has 2 bridgehead atoms. The molecule has 3 aliphatic carbocycles. The van der Waals surface area contributed by atoms with Crippen molar-refractivity contribution in [3.63, 3.8) is 0 Å². The molecule has 1 saturated heterocycles. The van der Waals surface area contributed by atoms with Crippen molar-refractivity contribution < 1.29 is 47.9 Å². The Morgan fingerprint density at radius 3 is 2.61 bits per heavy atom. The summed E-state index contributed by atoms with van der Waals surface area (Å²) >= 11 is 0. The molecule has 0 amide bonds. The van der Waals surface area contributed by atoms with E-state index in [2.05, 4.69) is 13.0 Å². The fourth-order valence-corrected chi connectivity index (χ4v) is 8.19. The summed E-state index contributed by atoms with van der Waals surface area (Å²) in [5, 5.41) is 12.5. The zero-order valence-electron chi connectivity index (χ0n) is 25.2. The SMILES string of the molecule is COc1ccc2c3c1O[C@H]1C(OC(=O)[C@@H](OC(=O)C[C@@H]4OC(C)(C)OC4=O)c4ccccc4)=CC[C@@]4(O)[C@@H](C2)C(C)CC[C@]314. The lowest BCUT2D eigenvalue weighted by Gasteiger charge is -2.61. The van der Waals surface area contributed by atoms with E-state index in [0.717, 1.165) is 24.0 Å². The summed E-state index contributed by atoms with van der Waals surface area (Å²) in [7, 11) is 1.58. The highest BCUT2D eigenvalue weighted by Crippen LogP contribution is 2.68. The number of ether oxygens (including phenoxy) is 6. The van der Waals surface area contributed by atoms with E-state index in [9.17, 15) is 19.5 Å². The third-order valence-electron chi connectivity index (χ3n) is 10.1. The predicted molar refractivity (Wildman–Crippen MR) is 153 cm³/mol. The molecule has 2 aliphatic heterocycles. The number of benzene rings is 2. The van der Waals surface area contributed by atoms with Crippen molar-refractivity contribution in [3.05, 3.63) is 71.0 Å². The number of aliphatic hydroxyl groups is 1. The lowest BCUT2D eigenvalue weighted by molar-refractivity contribution is -0.178. The zero-order valence-corrected chi connectivity index (χ0v) is 25.2. The number of hydrogen-bond acceptors (Lipinski definition) is 10. The molecule has 44 heavy (non-hydrogen) atoms. The van der Waals surface area contributed by atoms with Gasteiger partial charge in [-0.3, -0.25) is 4.79 Å². The molecule has 1 spiro atoms. The largest absolute Gasteiger partial charge is 0.493 e. The lowest BCUT2D eigenvalue weighted by Crippen LogP contribution is -2.69. The number of rotatable bonds is 7. The maximum atomic E-state index is 13.9. The average molecular weight is 605 g/mol. The van der Waals surface area contributed by atoms with Crippen LogP contribution in [0.3, 0.4) is 0 Å². The van der Waals surface area contributed by atoms with E-state index in [1.165, 1.54) is 0 Å². The molecular formula is C34H36O10. The molecule has 5 aliphatic rings. The van der Waals surface area contributed by atoms with E-state index in [1.54, 1.807) is 57.4 Å². The third kappa shape index (κ3) is 4.18. The molecule has 1 saturated carbocycles. The van der Waals surface area contributed by atoms with Crippen molar-refractivity contribution in [2.45, 2.75) is 88.0 Å². The normalized spacial score (nSPS) is 32.8. The monoisotopic (exact) mass is 604 g/mol. The van der Waals surface area contributed by atoms with Crippen LogP contribution in [0.5, 0.6) is 11.5 Å². The minimum atomic E-state index is -1.42. The molecule has 7 rings (SSSR count). The van der Waals surface area contributed by atoms with Crippen molar-refractivity contribution in [2.24, 2.45) is 11.8 Å². The maximum Gasteiger partial charge on any atom is 0.357 e. The van der Waals surface area contributed by atoms with Gasteiger partial charge in [-0.25, -0.2) is 9.59 Å². The first-order valence-electron chi connectivity index (χ1n) is 15.1. The minimum Gasteiger partial charge on any atom is -0.493 e. The number of cyclic esters (lactones) is 1. The minimum absolute atomic E-state index is 0.00944. The summed E-state index contributed by atoms with van der Waals surface area (Å²) in [5.74, 6) is -1.78. The van der Waals surface area contributed by atoms with Crippen molar-refractivity contribution in [3.8, 4) is 11.5 Å². The average Bonchev–Trinajstić information content (AvgIpc) is 3.47. The number of carbonyl (C=O) groups is 3. The molecule has 2 aromatic carbocycles. The molecule has 2 aromatic rings. The van der Waals surface area contributed by atoms with Crippen molar-refractivity contribution >= 4 is 17.9 Å². The van der Waals surface area contributed by atoms with Gasteiger partial charge in [-0.2, -0.15) is 0 Å². The smallest absolute Gasteiger partial charge is 0.357 e. The van der Waals surface area contributed by atoms with E-state index in [-0.39, 0.29) is 18.1 Å². The highest BCUT2D eigenvalue weighted by atomic mass is 16.8. The van der Waals surface area contributed by atoms with E-state index < -0.39 is 59.4 Å². The topological polar surface area (TPSA) is 127 Å². The van der Waals surface area contributed by atoms with Crippen molar-refractivity contribution in [1.82, 2.24) is 0 Å². The lowest BCUT2D eigenvalue weighted by atomic mass is 9.45. The molecule has 0 aromatic heterocycles. The number of carbonyl (C=O) groups excluding carboxylic acids is 3. The van der Waals surface area contributed by atoms with Gasteiger partial charge in [0.1, 0.15) is 5.76 Å². The van der Waals surface area contributed by atoms with Crippen molar-refractivity contribution in [1.29, 1.82) is 0 Å². The van der Waals surface area contributed by atoms with Gasteiger partial charge < -0.3 is 33.5 Å². The summed E-state index contributed by atoms with van der Waals surface area (Å²) < 4.78 is 34.6. The number of hydrogen-bond donors (Lipinski definition) is 1. The second kappa shape index (κ2) is 10.1. The summed E-state index contributed by atoms with van der Waals surface area (Å²) in [6, 6.07) is 12.5. The second-order valence-electron chi connectivity index (χ2n) is 13.0. The predicted octanol–water partition coefficient (Wildman–Crippen LogP) is 4.21. The van der Waals surface area contributed by atoms with Gasteiger partial charge in [-0.1, -0.05) is 43.3 Å². The van der Waals surface area contributed by atoms with E-state index in [4.69, 9.17) is 28.4 Å². The molecule has 1 N–H and O–H groups in total. The Morgan fingerprint density at radius 2 is 1.91 bits per heavy atom. The molecule has 0 radical (unpaired) electrons. The van der Waals surface area contributed by atoms with Gasteiger partial charge in [0.15, 0.2) is 23.7 Å². The summed E-state index contributed by atoms with van der Waals surface area (Å²) in [6.45, 7) is 5.33. The molecule has 1 unspecified atom stereocenters. The quantitative estimate of drug-likeness (QED) is 0.363. The Morgan fingerprint density at radius 1 is 1.14 bits per heavy atom. The Balaban J connectivity index is 1.20.